The van der Waals surface area contributed by atoms with E-state index in [1.807, 2.05) is 47.6 Å². The summed E-state index contributed by atoms with van der Waals surface area (Å²) in [5.74, 6) is 0. The van der Waals surface area contributed by atoms with Gasteiger partial charge in [0.1, 0.15) is 0 Å². The molecule has 0 heterocycles. The van der Waals surface area contributed by atoms with E-state index >= 15 is 0 Å². The molecule has 0 aromatic heterocycles. The van der Waals surface area contributed by atoms with Crippen molar-refractivity contribution in [1.29, 1.82) is 0 Å². The van der Waals surface area contributed by atoms with Gasteiger partial charge in [-0.3, -0.25) is 0 Å². The summed E-state index contributed by atoms with van der Waals surface area (Å²) in [5.41, 5.74) is 5.04. The minimum Gasteiger partial charge on any atom is -0.103 e. The van der Waals surface area contributed by atoms with Crippen molar-refractivity contribution >= 4 is 5.57 Å². The Bertz CT molecular complexity index is 601. The van der Waals surface area contributed by atoms with Gasteiger partial charge in [0, 0.05) is 0 Å². The van der Waals surface area contributed by atoms with E-state index in [9.17, 15) is 0 Å². The van der Waals surface area contributed by atoms with E-state index < -0.39 is 0 Å². The molecule has 0 aliphatic heterocycles. The van der Waals surface area contributed by atoms with Crippen LogP contribution in [-0.2, 0) is 0 Å². The van der Waals surface area contributed by atoms with Gasteiger partial charge in [0.15, 0.2) is 0 Å². The molecule has 0 bridgehead atoms. The molecule has 0 atom stereocenters. The Kier molecular flexibility index (Phi) is 17.9. The molecule has 2 aromatic carbocycles. The number of hydrogen-bond acceptors (Lipinski definition) is 0. The first kappa shape index (κ1) is 24.9. The summed E-state index contributed by atoms with van der Waals surface area (Å²) in [6, 6.07) is 19.1. The van der Waals surface area contributed by atoms with Crippen molar-refractivity contribution < 1.29 is 0 Å². The smallest absolute Gasteiger partial charge is 0.0178 e. The van der Waals surface area contributed by atoms with Gasteiger partial charge in [-0.2, -0.15) is 0 Å². The van der Waals surface area contributed by atoms with Crippen molar-refractivity contribution in [3.05, 3.63) is 91.0 Å². The van der Waals surface area contributed by atoms with Crippen LogP contribution in [0.5, 0.6) is 0 Å². The molecule has 0 aliphatic rings. The molecular weight excluding hydrogens is 300 g/mol. The Morgan fingerprint density at radius 1 is 0.760 bits per heavy atom. The van der Waals surface area contributed by atoms with Gasteiger partial charge < -0.3 is 0 Å². The third kappa shape index (κ3) is 10.2. The molecular formula is C25H36. The van der Waals surface area contributed by atoms with E-state index in [0.29, 0.717) is 0 Å². The highest BCUT2D eigenvalue weighted by molar-refractivity contribution is 5.77. The van der Waals surface area contributed by atoms with E-state index in [4.69, 9.17) is 0 Å². The summed E-state index contributed by atoms with van der Waals surface area (Å²) >= 11 is 0. The molecule has 0 spiro atoms. The molecule has 0 saturated carbocycles. The Morgan fingerprint density at radius 3 is 1.76 bits per heavy atom. The largest absolute Gasteiger partial charge is 0.103 e. The first-order valence-electron chi connectivity index (χ1n) is 9.28. The van der Waals surface area contributed by atoms with Gasteiger partial charge >= 0.3 is 0 Å². The molecule has 0 aliphatic carbocycles. The summed E-state index contributed by atoms with van der Waals surface area (Å²) in [7, 11) is 0. The molecule has 2 aromatic rings. The zero-order chi connectivity index (χ0) is 19.5. The zero-order valence-electron chi connectivity index (χ0n) is 17.2. The van der Waals surface area contributed by atoms with Crippen LogP contribution in [0, 0.1) is 0 Å². The summed E-state index contributed by atoms with van der Waals surface area (Å²) < 4.78 is 0. The fourth-order valence-electron chi connectivity index (χ4n) is 2.05. The molecule has 0 heteroatoms. The molecule has 0 unspecified atom stereocenters. The average molecular weight is 337 g/mol. The van der Waals surface area contributed by atoms with E-state index in [-0.39, 0.29) is 0 Å². The van der Waals surface area contributed by atoms with Crippen molar-refractivity contribution in [2.45, 2.75) is 48.5 Å². The van der Waals surface area contributed by atoms with Crippen molar-refractivity contribution in [2.24, 2.45) is 0 Å². The molecule has 0 nitrogen and oxygen atoms in total. The van der Waals surface area contributed by atoms with Crippen LogP contribution in [0.4, 0.5) is 0 Å². The van der Waals surface area contributed by atoms with Gasteiger partial charge in [-0.25, -0.2) is 0 Å². The monoisotopic (exact) mass is 336 g/mol. The minimum absolute atomic E-state index is 1.26. The van der Waals surface area contributed by atoms with Crippen molar-refractivity contribution in [3.63, 3.8) is 0 Å². The highest BCUT2D eigenvalue weighted by Gasteiger charge is 2.00. The molecule has 25 heavy (non-hydrogen) atoms. The van der Waals surface area contributed by atoms with Gasteiger partial charge in [-0.15, -0.1) is 6.58 Å². The lowest BCUT2D eigenvalue weighted by molar-refractivity contribution is 1.50. The normalized spacial score (nSPS) is 9.64. The van der Waals surface area contributed by atoms with Gasteiger partial charge in [0.2, 0.25) is 0 Å². The van der Waals surface area contributed by atoms with Gasteiger partial charge in [0.05, 0.1) is 0 Å². The second-order valence-electron chi connectivity index (χ2n) is 4.60. The molecule has 0 N–H and O–H groups in total. The van der Waals surface area contributed by atoms with Gasteiger partial charge in [-0.1, -0.05) is 101 Å². The van der Waals surface area contributed by atoms with Crippen LogP contribution < -0.4 is 0 Å². The van der Waals surface area contributed by atoms with Crippen molar-refractivity contribution in [1.82, 2.24) is 0 Å². The Morgan fingerprint density at radius 2 is 1.28 bits per heavy atom. The minimum atomic E-state index is 1.26. The van der Waals surface area contributed by atoms with Crippen LogP contribution in [-0.4, -0.2) is 0 Å². The maximum atomic E-state index is 3.36. The highest BCUT2D eigenvalue weighted by atomic mass is 14.0. The number of allylic oxidation sites excluding steroid dienone is 5. The lowest BCUT2D eigenvalue weighted by atomic mass is 9.99. The number of hydrogen-bond donors (Lipinski definition) is 0. The molecule has 0 amide bonds. The quantitative estimate of drug-likeness (QED) is 0.389. The second-order valence-corrected chi connectivity index (χ2v) is 4.60. The van der Waals surface area contributed by atoms with Crippen molar-refractivity contribution in [3.8, 4) is 11.1 Å². The molecule has 136 valence electrons. The summed E-state index contributed by atoms with van der Waals surface area (Å²) in [6.45, 7) is 17.4. The van der Waals surface area contributed by atoms with E-state index in [1.165, 1.54) is 22.3 Å². The number of benzene rings is 2. The Hall–Kier alpha value is -2.34. The van der Waals surface area contributed by atoms with Gasteiger partial charge in [0.25, 0.3) is 0 Å². The second kappa shape index (κ2) is 18.0. The van der Waals surface area contributed by atoms with Crippen LogP contribution in [0.1, 0.15) is 54.0 Å². The zero-order valence-corrected chi connectivity index (χ0v) is 17.2. The number of rotatable bonds is 3. The maximum Gasteiger partial charge on any atom is -0.0178 e. The van der Waals surface area contributed by atoms with Gasteiger partial charge in [-0.05, 0) is 49.1 Å². The Labute approximate surface area is 156 Å². The molecule has 0 radical (unpaired) electrons. The molecule has 0 saturated heterocycles. The SMILES string of the molecule is C/C=C\C(=C/C)c1cccc(-c2ccccc2)c1.C=CC.CC.CC. The van der Waals surface area contributed by atoms with E-state index in [2.05, 4.69) is 80.3 Å². The van der Waals surface area contributed by atoms with E-state index in [1.54, 1.807) is 6.08 Å². The standard InChI is InChI=1S/C18H18.C3H6.2C2H6/c1-3-9-15(4-2)17-12-8-13-18(14-17)16-10-6-5-7-11-16;1-3-2;2*1-2/h3-14H,1-2H3;3H,1H2,2H3;2*1-2H3/b9-3-,15-4+;;;. The van der Waals surface area contributed by atoms with E-state index in [0.717, 1.165) is 0 Å². The predicted octanol–water partition coefficient (Wildman–Crippen LogP) is 8.58. The topological polar surface area (TPSA) is 0 Å². The maximum absolute atomic E-state index is 3.36. The molecule has 0 fully saturated rings. The van der Waals surface area contributed by atoms with Crippen LogP contribution in [0.2, 0.25) is 0 Å². The lowest BCUT2D eigenvalue weighted by Crippen LogP contribution is -1.83. The first-order valence-corrected chi connectivity index (χ1v) is 9.28. The average Bonchev–Trinajstić information content (AvgIpc) is 2.70. The lowest BCUT2D eigenvalue weighted by Gasteiger charge is -2.06. The van der Waals surface area contributed by atoms with Crippen LogP contribution >= 0.6 is 0 Å². The fraction of sp³-hybridized carbons (Fsp3) is 0.280. The predicted molar refractivity (Wildman–Crippen MR) is 119 cm³/mol. The third-order valence-corrected chi connectivity index (χ3v) is 2.96. The summed E-state index contributed by atoms with van der Waals surface area (Å²) in [5, 5.41) is 0. The summed E-state index contributed by atoms with van der Waals surface area (Å²) in [4.78, 5) is 0. The first-order chi connectivity index (χ1) is 12.3. The van der Waals surface area contributed by atoms with Crippen LogP contribution in [0.3, 0.4) is 0 Å². The third-order valence-electron chi connectivity index (χ3n) is 2.96. The van der Waals surface area contributed by atoms with Crippen LogP contribution in [0.25, 0.3) is 16.7 Å². The highest BCUT2D eigenvalue weighted by Crippen LogP contribution is 2.24. The summed E-state index contributed by atoms with van der Waals surface area (Å²) in [6.07, 6.45) is 8.11. The molecule has 2 rings (SSSR count). The Balaban J connectivity index is 0. The van der Waals surface area contributed by atoms with Crippen LogP contribution in [0.15, 0.2) is 85.5 Å². The fourth-order valence-corrected chi connectivity index (χ4v) is 2.05. The van der Waals surface area contributed by atoms with Crippen molar-refractivity contribution in [2.75, 3.05) is 0 Å².